The Morgan fingerprint density at radius 1 is 1.00 bits per heavy atom. The summed E-state index contributed by atoms with van der Waals surface area (Å²) in [6, 6.07) is 14.6. The lowest BCUT2D eigenvalue weighted by atomic mass is 9.81. The summed E-state index contributed by atoms with van der Waals surface area (Å²) in [5.41, 5.74) is 2.37. The normalized spacial score (nSPS) is 20.9. The number of esters is 1. The van der Waals surface area contributed by atoms with Gasteiger partial charge in [-0.2, -0.15) is 0 Å². The molecule has 2 aliphatic heterocycles. The SMILES string of the molecule is CCOC(=O)Cn1c2c(sc1=O)C(c1ccc(C(C)(C)C)cc1)C1C(=O)N(c3ccc(Cl)cc3)C(=O)C1S2. The maximum absolute atomic E-state index is 13.9. The predicted octanol–water partition coefficient (Wildman–Crippen LogP) is 5.22. The Hall–Kier alpha value is -2.88. The number of aromatic nitrogens is 1. The van der Waals surface area contributed by atoms with E-state index in [1.54, 1.807) is 31.2 Å². The van der Waals surface area contributed by atoms with Crippen LogP contribution in [0.2, 0.25) is 5.02 Å². The Labute approximate surface area is 233 Å². The molecule has 0 N–H and O–H groups in total. The molecular formula is C28H27ClN2O5S2. The molecule has 0 radical (unpaired) electrons. The monoisotopic (exact) mass is 570 g/mol. The highest BCUT2D eigenvalue weighted by Crippen LogP contribution is 2.54. The lowest BCUT2D eigenvalue weighted by molar-refractivity contribution is -0.144. The Bertz CT molecular complexity index is 1470. The van der Waals surface area contributed by atoms with E-state index in [2.05, 4.69) is 20.8 Å². The molecule has 0 aliphatic carbocycles. The summed E-state index contributed by atoms with van der Waals surface area (Å²) in [6.45, 7) is 8.02. The van der Waals surface area contributed by atoms with Gasteiger partial charge in [0, 0.05) is 15.8 Å². The molecule has 1 aromatic heterocycles. The van der Waals surface area contributed by atoms with Gasteiger partial charge < -0.3 is 4.74 Å². The minimum Gasteiger partial charge on any atom is -0.465 e. The van der Waals surface area contributed by atoms with Crippen LogP contribution in [0.3, 0.4) is 0 Å². The van der Waals surface area contributed by atoms with Crippen molar-refractivity contribution >= 4 is 58.2 Å². The first-order valence-corrected chi connectivity index (χ1v) is 14.4. The largest absolute Gasteiger partial charge is 0.465 e. The second-order valence-electron chi connectivity index (χ2n) is 10.3. The number of thiazole rings is 1. The molecule has 0 bridgehead atoms. The number of carbonyl (C=O) groups is 3. The van der Waals surface area contributed by atoms with E-state index in [-0.39, 0.29) is 35.3 Å². The average Bonchev–Trinajstić information content (AvgIpc) is 3.30. The molecule has 38 heavy (non-hydrogen) atoms. The van der Waals surface area contributed by atoms with Crippen LogP contribution in [0.25, 0.3) is 0 Å². The molecule has 3 aromatic rings. The molecule has 0 saturated carbocycles. The van der Waals surface area contributed by atoms with E-state index in [1.807, 2.05) is 24.3 Å². The highest BCUT2D eigenvalue weighted by atomic mass is 35.5. The number of fused-ring (bicyclic) bond motifs is 2. The van der Waals surface area contributed by atoms with Gasteiger partial charge in [0.2, 0.25) is 11.8 Å². The molecule has 3 atom stereocenters. The minimum atomic E-state index is -0.750. The first kappa shape index (κ1) is 26.7. The second-order valence-corrected chi connectivity index (χ2v) is 12.9. The van der Waals surface area contributed by atoms with E-state index >= 15 is 0 Å². The fourth-order valence-corrected chi connectivity index (χ4v) is 7.88. The molecule has 5 rings (SSSR count). The molecular weight excluding hydrogens is 544 g/mol. The first-order valence-electron chi connectivity index (χ1n) is 12.3. The van der Waals surface area contributed by atoms with E-state index < -0.39 is 23.1 Å². The lowest BCUT2D eigenvalue weighted by Crippen LogP contribution is -2.32. The van der Waals surface area contributed by atoms with Crippen molar-refractivity contribution in [1.82, 2.24) is 4.57 Å². The van der Waals surface area contributed by atoms with Crippen molar-refractivity contribution in [3.05, 3.63) is 79.2 Å². The van der Waals surface area contributed by atoms with Crippen LogP contribution in [-0.4, -0.2) is 34.2 Å². The maximum Gasteiger partial charge on any atom is 0.326 e. The summed E-state index contributed by atoms with van der Waals surface area (Å²) >= 11 is 8.24. The zero-order valence-corrected chi connectivity index (χ0v) is 23.8. The summed E-state index contributed by atoms with van der Waals surface area (Å²) in [4.78, 5) is 54.6. The third-order valence-electron chi connectivity index (χ3n) is 6.86. The minimum absolute atomic E-state index is 0.0626. The van der Waals surface area contributed by atoms with Gasteiger partial charge in [0.05, 0.1) is 23.2 Å². The number of anilines is 1. The van der Waals surface area contributed by atoms with Gasteiger partial charge in [0.1, 0.15) is 11.8 Å². The van der Waals surface area contributed by atoms with Crippen LogP contribution in [0.1, 0.15) is 49.6 Å². The number of rotatable bonds is 5. The van der Waals surface area contributed by atoms with Crippen molar-refractivity contribution in [1.29, 1.82) is 0 Å². The number of hydrogen-bond donors (Lipinski definition) is 0. The number of amides is 2. The molecule has 3 unspecified atom stereocenters. The quantitative estimate of drug-likeness (QED) is 0.309. The Balaban J connectivity index is 1.64. The van der Waals surface area contributed by atoms with Crippen molar-refractivity contribution in [3.8, 4) is 0 Å². The summed E-state index contributed by atoms with van der Waals surface area (Å²) < 4.78 is 6.46. The molecule has 1 fully saturated rings. The molecule has 2 aliphatic rings. The fraction of sp³-hybridized carbons (Fsp3) is 0.357. The van der Waals surface area contributed by atoms with Crippen molar-refractivity contribution in [2.24, 2.45) is 5.92 Å². The first-order chi connectivity index (χ1) is 18.0. The maximum atomic E-state index is 13.9. The number of benzene rings is 2. The number of hydrogen-bond acceptors (Lipinski definition) is 7. The van der Waals surface area contributed by atoms with Gasteiger partial charge in [-0.1, -0.05) is 79.7 Å². The molecule has 2 aromatic carbocycles. The van der Waals surface area contributed by atoms with E-state index in [0.717, 1.165) is 22.5 Å². The zero-order valence-electron chi connectivity index (χ0n) is 21.4. The van der Waals surface area contributed by atoms with E-state index in [0.29, 0.717) is 20.6 Å². The van der Waals surface area contributed by atoms with Gasteiger partial charge in [-0.3, -0.25) is 23.7 Å². The summed E-state index contributed by atoms with van der Waals surface area (Å²) in [5, 5.41) is 0.292. The van der Waals surface area contributed by atoms with Crippen LogP contribution in [-0.2, 0) is 31.1 Å². The topological polar surface area (TPSA) is 85.7 Å². The highest BCUT2D eigenvalue weighted by molar-refractivity contribution is 8.00. The average molecular weight is 571 g/mol. The molecule has 7 nitrogen and oxygen atoms in total. The molecule has 2 amide bonds. The molecule has 3 heterocycles. The summed E-state index contributed by atoms with van der Waals surface area (Å²) in [5.74, 6) is -2.41. The fourth-order valence-electron chi connectivity index (χ4n) is 4.99. The van der Waals surface area contributed by atoms with Crippen LogP contribution in [0, 0.1) is 5.92 Å². The Kier molecular flexibility index (Phi) is 7.04. The molecule has 10 heteroatoms. The third kappa shape index (κ3) is 4.61. The smallest absolute Gasteiger partial charge is 0.326 e. The predicted molar refractivity (Wildman–Crippen MR) is 149 cm³/mol. The van der Waals surface area contributed by atoms with Gasteiger partial charge in [0.25, 0.3) is 0 Å². The number of ether oxygens (including phenoxy) is 1. The zero-order chi connectivity index (χ0) is 27.4. The van der Waals surface area contributed by atoms with Gasteiger partial charge in [-0.25, -0.2) is 4.90 Å². The van der Waals surface area contributed by atoms with Crippen molar-refractivity contribution in [2.75, 3.05) is 11.5 Å². The van der Waals surface area contributed by atoms with Gasteiger partial charge in [0.15, 0.2) is 0 Å². The highest BCUT2D eigenvalue weighted by Gasteiger charge is 2.56. The second kappa shape index (κ2) is 10.0. The van der Waals surface area contributed by atoms with Gasteiger partial charge >= 0.3 is 10.8 Å². The lowest BCUT2D eigenvalue weighted by Gasteiger charge is -2.31. The number of imide groups is 1. The van der Waals surface area contributed by atoms with Crippen LogP contribution in [0.5, 0.6) is 0 Å². The van der Waals surface area contributed by atoms with Crippen molar-refractivity contribution in [3.63, 3.8) is 0 Å². The van der Waals surface area contributed by atoms with E-state index in [9.17, 15) is 19.2 Å². The molecule has 0 spiro atoms. The Morgan fingerprint density at radius 3 is 2.26 bits per heavy atom. The van der Waals surface area contributed by atoms with Crippen LogP contribution < -0.4 is 9.77 Å². The van der Waals surface area contributed by atoms with E-state index in [1.165, 1.54) is 21.2 Å². The number of thioether (sulfide) groups is 1. The van der Waals surface area contributed by atoms with Gasteiger partial charge in [-0.05, 0) is 47.7 Å². The summed E-state index contributed by atoms with van der Waals surface area (Å²) in [7, 11) is 0. The Morgan fingerprint density at radius 2 is 1.66 bits per heavy atom. The molecule has 1 saturated heterocycles. The number of nitrogens with zero attached hydrogens (tertiary/aromatic N) is 2. The van der Waals surface area contributed by atoms with E-state index in [4.69, 9.17) is 16.3 Å². The number of carbonyl (C=O) groups excluding carboxylic acids is 3. The summed E-state index contributed by atoms with van der Waals surface area (Å²) in [6.07, 6.45) is 0. The van der Waals surface area contributed by atoms with Crippen LogP contribution in [0.4, 0.5) is 5.69 Å². The van der Waals surface area contributed by atoms with Gasteiger partial charge in [-0.15, -0.1) is 0 Å². The van der Waals surface area contributed by atoms with Crippen LogP contribution in [0.15, 0.2) is 58.4 Å². The molecule has 198 valence electrons. The van der Waals surface area contributed by atoms with Crippen LogP contribution >= 0.6 is 34.7 Å². The standard InChI is InChI=1S/C28H27ClN2O5S2/c1-5-36-19(32)14-30-26-23(38-27(30)35)20(15-6-8-16(9-7-15)28(2,3)4)21-22(37-26)25(34)31(24(21)33)18-12-10-17(29)11-13-18/h6-13,20-22H,5,14H2,1-4H3. The van der Waals surface area contributed by atoms with Crippen molar-refractivity contribution in [2.45, 2.75) is 55.8 Å². The third-order valence-corrected chi connectivity index (χ3v) is 9.72. The number of halogens is 1. The van der Waals surface area contributed by atoms with Crippen molar-refractivity contribution < 1.29 is 19.1 Å².